The first-order valence-corrected chi connectivity index (χ1v) is 6.99. The molecule has 2 rings (SSSR count). The van der Waals surface area contributed by atoms with E-state index in [1.807, 2.05) is 0 Å². The van der Waals surface area contributed by atoms with Crippen molar-refractivity contribution in [2.45, 2.75) is 25.4 Å². The number of hydrogen-bond acceptors (Lipinski definition) is 3. The van der Waals surface area contributed by atoms with Crippen LogP contribution in [-0.4, -0.2) is 31.7 Å². The molecule has 0 aromatic heterocycles. The van der Waals surface area contributed by atoms with Gasteiger partial charge in [0.1, 0.15) is 0 Å². The molecule has 1 aromatic carbocycles. The molecular formula is C14H19ClN2O2. The fourth-order valence-corrected chi connectivity index (χ4v) is 2.18. The third-order valence-electron chi connectivity index (χ3n) is 3.06. The lowest BCUT2D eigenvalue weighted by molar-refractivity contribution is -0.115. The van der Waals surface area contributed by atoms with Crippen LogP contribution >= 0.6 is 11.6 Å². The standard InChI is InChI=1S/C14H19ClN2O2/c15-11-4-6-12(7-5-11)17-14(18)10-16-9-13-3-1-2-8-19-13/h4-7,13,16H,1-3,8-10H2,(H,17,18). The number of amides is 1. The van der Waals surface area contributed by atoms with Gasteiger partial charge in [0.2, 0.25) is 5.91 Å². The molecule has 5 heteroatoms. The monoisotopic (exact) mass is 282 g/mol. The quantitative estimate of drug-likeness (QED) is 0.872. The molecule has 2 N–H and O–H groups in total. The summed E-state index contributed by atoms with van der Waals surface area (Å²) < 4.78 is 5.58. The minimum Gasteiger partial charge on any atom is -0.377 e. The number of rotatable bonds is 5. The van der Waals surface area contributed by atoms with E-state index in [0.717, 1.165) is 31.7 Å². The van der Waals surface area contributed by atoms with Crippen molar-refractivity contribution in [3.63, 3.8) is 0 Å². The van der Waals surface area contributed by atoms with E-state index in [9.17, 15) is 4.79 Å². The predicted octanol–water partition coefficient (Wildman–Crippen LogP) is 2.44. The summed E-state index contributed by atoms with van der Waals surface area (Å²) in [6, 6.07) is 7.07. The van der Waals surface area contributed by atoms with Crippen LogP contribution in [0.25, 0.3) is 0 Å². The normalized spacial score (nSPS) is 19.1. The average molecular weight is 283 g/mol. The summed E-state index contributed by atoms with van der Waals surface area (Å²) >= 11 is 5.78. The number of benzene rings is 1. The Bertz CT molecular complexity index is 402. The van der Waals surface area contributed by atoms with Crippen molar-refractivity contribution >= 4 is 23.2 Å². The zero-order valence-electron chi connectivity index (χ0n) is 10.8. The van der Waals surface area contributed by atoms with Crippen molar-refractivity contribution in [1.82, 2.24) is 5.32 Å². The predicted molar refractivity (Wildman–Crippen MR) is 76.5 cm³/mol. The Kier molecular flexibility index (Phi) is 5.63. The lowest BCUT2D eigenvalue weighted by Gasteiger charge is -2.22. The molecule has 1 aromatic rings. The van der Waals surface area contributed by atoms with Crippen LogP contribution in [0, 0.1) is 0 Å². The van der Waals surface area contributed by atoms with Gasteiger partial charge in [-0.1, -0.05) is 11.6 Å². The molecule has 1 amide bonds. The second-order valence-electron chi connectivity index (χ2n) is 4.67. The SMILES string of the molecule is O=C(CNCC1CCCCO1)Nc1ccc(Cl)cc1. The molecule has 1 saturated heterocycles. The lowest BCUT2D eigenvalue weighted by atomic mass is 10.1. The second-order valence-corrected chi connectivity index (χ2v) is 5.11. The third kappa shape index (κ3) is 5.19. The van der Waals surface area contributed by atoms with Gasteiger partial charge in [0.05, 0.1) is 12.6 Å². The van der Waals surface area contributed by atoms with E-state index in [2.05, 4.69) is 10.6 Å². The Morgan fingerprint density at radius 3 is 2.79 bits per heavy atom. The summed E-state index contributed by atoms with van der Waals surface area (Å²) in [6.45, 7) is 1.86. The molecule has 1 fully saturated rings. The van der Waals surface area contributed by atoms with E-state index >= 15 is 0 Å². The van der Waals surface area contributed by atoms with Gasteiger partial charge >= 0.3 is 0 Å². The molecule has 1 heterocycles. The number of hydrogen-bond donors (Lipinski definition) is 2. The molecule has 104 valence electrons. The van der Waals surface area contributed by atoms with E-state index < -0.39 is 0 Å². The third-order valence-corrected chi connectivity index (χ3v) is 3.31. The summed E-state index contributed by atoms with van der Waals surface area (Å²) in [5.41, 5.74) is 0.755. The van der Waals surface area contributed by atoms with E-state index in [0.29, 0.717) is 11.6 Å². The highest BCUT2D eigenvalue weighted by Crippen LogP contribution is 2.13. The molecule has 1 atom stereocenters. The minimum absolute atomic E-state index is 0.0573. The van der Waals surface area contributed by atoms with Gasteiger partial charge in [-0.05, 0) is 43.5 Å². The maximum Gasteiger partial charge on any atom is 0.238 e. The smallest absolute Gasteiger partial charge is 0.238 e. The molecule has 1 unspecified atom stereocenters. The molecule has 0 saturated carbocycles. The number of nitrogens with one attached hydrogen (secondary N) is 2. The Morgan fingerprint density at radius 2 is 2.11 bits per heavy atom. The van der Waals surface area contributed by atoms with Crippen LogP contribution < -0.4 is 10.6 Å². The lowest BCUT2D eigenvalue weighted by Crippen LogP contribution is -2.36. The largest absolute Gasteiger partial charge is 0.377 e. The van der Waals surface area contributed by atoms with Crippen LogP contribution in [0.1, 0.15) is 19.3 Å². The highest BCUT2D eigenvalue weighted by molar-refractivity contribution is 6.30. The van der Waals surface area contributed by atoms with Crippen molar-refractivity contribution in [1.29, 1.82) is 0 Å². The topological polar surface area (TPSA) is 50.4 Å². The number of carbonyl (C=O) groups is 1. The number of anilines is 1. The molecular weight excluding hydrogens is 264 g/mol. The van der Waals surface area contributed by atoms with Crippen molar-refractivity contribution in [3.8, 4) is 0 Å². The molecule has 0 bridgehead atoms. The van der Waals surface area contributed by atoms with Crippen LogP contribution in [0.5, 0.6) is 0 Å². The molecule has 0 spiro atoms. The molecule has 1 aliphatic heterocycles. The average Bonchev–Trinajstić information content (AvgIpc) is 2.43. The van der Waals surface area contributed by atoms with Crippen LogP contribution in [0.3, 0.4) is 0 Å². The number of ether oxygens (including phenoxy) is 1. The fraction of sp³-hybridized carbons (Fsp3) is 0.500. The molecule has 19 heavy (non-hydrogen) atoms. The van der Waals surface area contributed by atoms with Gasteiger partial charge in [0.15, 0.2) is 0 Å². The van der Waals surface area contributed by atoms with Gasteiger partial charge in [-0.25, -0.2) is 0 Å². The first-order valence-electron chi connectivity index (χ1n) is 6.62. The zero-order chi connectivity index (χ0) is 13.5. The molecule has 4 nitrogen and oxygen atoms in total. The number of carbonyl (C=O) groups excluding carboxylic acids is 1. The minimum atomic E-state index is -0.0573. The summed E-state index contributed by atoms with van der Waals surface area (Å²) in [5.74, 6) is -0.0573. The van der Waals surface area contributed by atoms with E-state index in [4.69, 9.17) is 16.3 Å². The summed E-state index contributed by atoms with van der Waals surface area (Å²) in [6.07, 6.45) is 3.68. The Labute approximate surface area is 118 Å². The first kappa shape index (κ1) is 14.3. The van der Waals surface area contributed by atoms with Crippen LogP contribution in [0.4, 0.5) is 5.69 Å². The number of halogens is 1. The van der Waals surface area contributed by atoms with Crippen molar-refractivity contribution in [3.05, 3.63) is 29.3 Å². The van der Waals surface area contributed by atoms with E-state index in [1.165, 1.54) is 6.42 Å². The fourth-order valence-electron chi connectivity index (χ4n) is 2.05. The molecule has 1 aliphatic rings. The summed E-state index contributed by atoms with van der Waals surface area (Å²) in [7, 11) is 0. The van der Waals surface area contributed by atoms with Gasteiger partial charge in [-0.3, -0.25) is 4.79 Å². The first-order chi connectivity index (χ1) is 9.24. The van der Waals surface area contributed by atoms with Gasteiger partial charge in [0, 0.05) is 23.9 Å². The zero-order valence-corrected chi connectivity index (χ0v) is 11.6. The van der Waals surface area contributed by atoms with Crippen LogP contribution in [0.15, 0.2) is 24.3 Å². The molecule has 0 radical (unpaired) electrons. The van der Waals surface area contributed by atoms with Gasteiger partial charge < -0.3 is 15.4 Å². The van der Waals surface area contributed by atoms with E-state index in [1.54, 1.807) is 24.3 Å². The van der Waals surface area contributed by atoms with Crippen molar-refractivity contribution < 1.29 is 9.53 Å². The Balaban J connectivity index is 1.65. The van der Waals surface area contributed by atoms with Gasteiger partial charge in [-0.15, -0.1) is 0 Å². The van der Waals surface area contributed by atoms with Crippen molar-refractivity contribution in [2.24, 2.45) is 0 Å². The van der Waals surface area contributed by atoms with Gasteiger partial charge in [0.25, 0.3) is 0 Å². The highest BCUT2D eigenvalue weighted by atomic mass is 35.5. The Hall–Kier alpha value is -1.10. The maximum atomic E-state index is 11.7. The van der Waals surface area contributed by atoms with Gasteiger partial charge in [-0.2, -0.15) is 0 Å². The molecule has 0 aliphatic carbocycles. The van der Waals surface area contributed by atoms with Crippen molar-refractivity contribution in [2.75, 3.05) is 25.0 Å². The maximum absolute atomic E-state index is 11.7. The van der Waals surface area contributed by atoms with Crippen LogP contribution in [0.2, 0.25) is 5.02 Å². The summed E-state index contributed by atoms with van der Waals surface area (Å²) in [5, 5.41) is 6.59. The summed E-state index contributed by atoms with van der Waals surface area (Å²) in [4.78, 5) is 11.7. The Morgan fingerprint density at radius 1 is 1.32 bits per heavy atom. The van der Waals surface area contributed by atoms with Crippen LogP contribution in [-0.2, 0) is 9.53 Å². The second kappa shape index (κ2) is 7.48. The highest BCUT2D eigenvalue weighted by Gasteiger charge is 2.13. The van der Waals surface area contributed by atoms with E-state index in [-0.39, 0.29) is 12.0 Å².